The van der Waals surface area contributed by atoms with Gasteiger partial charge in [0.15, 0.2) is 0 Å². The minimum Gasteiger partial charge on any atom is -0.352 e. The normalized spacial score (nSPS) is 23.8. The summed E-state index contributed by atoms with van der Waals surface area (Å²) in [5, 5.41) is 5.68. The second-order valence-electron chi connectivity index (χ2n) is 7.19. The molecule has 3 rings (SSSR count). The SMILES string of the molecule is C[C@@]1(CCc2ccccc2)NC(=O)N(CC(=O)NC2CCCC2)C1=O. The van der Waals surface area contributed by atoms with Gasteiger partial charge in [-0.25, -0.2) is 4.79 Å². The summed E-state index contributed by atoms with van der Waals surface area (Å²) in [6.45, 7) is 1.52. The molecule has 1 saturated carbocycles. The van der Waals surface area contributed by atoms with Crippen LogP contribution in [0.15, 0.2) is 30.3 Å². The summed E-state index contributed by atoms with van der Waals surface area (Å²) in [4.78, 5) is 38.1. The molecule has 0 unspecified atom stereocenters. The third-order valence-corrected chi connectivity index (χ3v) is 5.12. The number of nitrogens with zero attached hydrogens (tertiary/aromatic N) is 1. The number of carbonyl (C=O) groups is 3. The molecule has 1 saturated heterocycles. The lowest BCUT2D eigenvalue weighted by molar-refractivity contribution is -0.134. The lowest BCUT2D eigenvalue weighted by Gasteiger charge is -2.22. The Balaban J connectivity index is 1.57. The zero-order valence-corrected chi connectivity index (χ0v) is 14.6. The van der Waals surface area contributed by atoms with E-state index in [1.807, 2.05) is 30.3 Å². The first-order chi connectivity index (χ1) is 12.0. The highest BCUT2D eigenvalue weighted by Crippen LogP contribution is 2.23. The first kappa shape index (κ1) is 17.5. The van der Waals surface area contributed by atoms with Crippen molar-refractivity contribution in [3.05, 3.63) is 35.9 Å². The molecule has 1 aromatic rings. The zero-order valence-electron chi connectivity index (χ0n) is 14.6. The van der Waals surface area contributed by atoms with Crippen LogP contribution in [0.25, 0.3) is 0 Å². The maximum Gasteiger partial charge on any atom is 0.325 e. The van der Waals surface area contributed by atoms with E-state index in [-0.39, 0.29) is 24.4 Å². The van der Waals surface area contributed by atoms with Gasteiger partial charge in [-0.1, -0.05) is 43.2 Å². The van der Waals surface area contributed by atoms with Gasteiger partial charge in [0.1, 0.15) is 12.1 Å². The van der Waals surface area contributed by atoms with E-state index in [1.165, 1.54) is 0 Å². The predicted octanol–water partition coefficient (Wildman–Crippen LogP) is 1.99. The van der Waals surface area contributed by atoms with Crippen molar-refractivity contribution in [1.29, 1.82) is 0 Å². The number of aryl methyl sites for hydroxylation is 1. The van der Waals surface area contributed by atoms with Crippen molar-refractivity contribution in [2.24, 2.45) is 0 Å². The monoisotopic (exact) mass is 343 g/mol. The van der Waals surface area contributed by atoms with Crippen LogP contribution in [0, 0.1) is 0 Å². The zero-order chi connectivity index (χ0) is 17.9. The van der Waals surface area contributed by atoms with Crippen LogP contribution in [0.1, 0.15) is 44.6 Å². The van der Waals surface area contributed by atoms with Crippen molar-refractivity contribution in [2.45, 2.75) is 57.0 Å². The third-order valence-electron chi connectivity index (χ3n) is 5.12. The van der Waals surface area contributed by atoms with Gasteiger partial charge >= 0.3 is 6.03 Å². The van der Waals surface area contributed by atoms with Crippen LogP contribution >= 0.6 is 0 Å². The molecule has 4 amide bonds. The smallest absolute Gasteiger partial charge is 0.325 e. The van der Waals surface area contributed by atoms with Gasteiger partial charge in [0, 0.05) is 6.04 Å². The maximum absolute atomic E-state index is 12.7. The summed E-state index contributed by atoms with van der Waals surface area (Å²) in [7, 11) is 0. The molecule has 1 aliphatic carbocycles. The number of hydrogen-bond donors (Lipinski definition) is 2. The van der Waals surface area contributed by atoms with Crippen LogP contribution in [-0.2, 0) is 16.0 Å². The van der Waals surface area contributed by atoms with E-state index in [9.17, 15) is 14.4 Å². The van der Waals surface area contributed by atoms with Gasteiger partial charge in [-0.2, -0.15) is 0 Å². The molecule has 6 nitrogen and oxygen atoms in total. The fraction of sp³-hybridized carbons (Fsp3) is 0.526. The molecule has 1 heterocycles. The molecule has 134 valence electrons. The summed E-state index contributed by atoms with van der Waals surface area (Å²) in [5.41, 5.74) is 0.156. The van der Waals surface area contributed by atoms with Crippen LogP contribution in [-0.4, -0.2) is 40.9 Å². The van der Waals surface area contributed by atoms with E-state index in [0.717, 1.165) is 36.1 Å². The second kappa shape index (κ2) is 7.25. The van der Waals surface area contributed by atoms with E-state index >= 15 is 0 Å². The molecule has 6 heteroatoms. The topological polar surface area (TPSA) is 78.5 Å². The Morgan fingerprint density at radius 2 is 1.92 bits per heavy atom. The average Bonchev–Trinajstić information content (AvgIpc) is 3.17. The van der Waals surface area contributed by atoms with Crippen LogP contribution in [0.4, 0.5) is 4.79 Å². The quantitative estimate of drug-likeness (QED) is 0.775. The highest BCUT2D eigenvalue weighted by Gasteiger charge is 2.47. The molecule has 0 bridgehead atoms. The van der Waals surface area contributed by atoms with E-state index < -0.39 is 11.6 Å². The van der Waals surface area contributed by atoms with Crippen LogP contribution in [0.2, 0.25) is 0 Å². The molecule has 0 aromatic heterocycles. The second-order valence-corrected chi connectivity index (χ2v) is 7.19. The molecular weight excluding hydrogens is 318 g/mol. The van der Waals surface area contributed by atoms with Crippen molar-refractivity contribution >= 4 is 17.8 Å². The fourth-order valence-electron chi connectivity index (χ4n) is 3.59. The molecule has 2 N–H and O–H groups in total. The van der Waals surface area contributed by atoms with Crippen LogP contribution < -0.4 is 10.6 Å². The minimum atomic E-state index is -0.958. The maximum atomic E-state index is 12.7. The van der Waals surface area contributed by atoms with Gasteiger partial charge in [0.05, 0.1) is 0 Å². The van der Waals surface area contributed by atoms with Crippen molar-refractivity contribution in [3.8, 4) is 0 Å². The van der Waals surface area contributed by atoms with Gasteiger partial charge in [-0.3, -0.25) is 14.5 Å². The molecule has 1 aliphatic heterocycles. The minimum absolute atomic E-state index is 0.178. The first-order valence-electron chi connectivity index (χ1n) is 8.95. The van der Waals surface area contributed by atoms with Crippen LogP contribution in [0.3, 0.4) is 0 Å². The average molecular weight is 343 g/mol. The van der Waals surface area contributed by atoms with E-state index in [4.69, 9.17) is 0 Å². The third kappa shape index (κ3) is 4.00. The van der Waals surface area contributed by atoms with Gasteiger partial charge in [0.2, 0.25) is 5.91 Å². The molecule has 1 aromatic carbocycles. The molecule has 2 aliphatic rings. The number of urea groups is 1. The molecule has 2 fully saturated rings. The molecule has 25 heavy (non-hydrogen) atoms. The van der Waals surface area contributed by atoms with Gasteiger partial charge in [-0.15, -0.1) is 0 Å². The van der Waals surface area contributed by atoms with Crippen molar-refractivity contribution in [2.75, 3.05) is 6.54 Å². The van der Waals surface area contributed by atoms with Crippen molar-refractivity contribution in [1.82, 2.24) is 15.5 Å². The van der Waals surface area contributed by atoms with Crippen LogP contribution in [0.5, 0.6) is 0 Å². The summed E-state index contributed by atoms with van der Waals surface area (Å²) >= 11 is 0. The Morgan fingerprint density at radius 3 is 2.60 bits per heavy atom. The molecule has 0 spiro atoms. The Labute approximate surface area is 148 Å². The number of imide groups is 1. The lowest BCUT2D eigenvalue weighted by atomic mass is 9.93. The van der Waals surface area contributed by atoms with Gasteiger partial charge in [-0.05, 0) is 38.2 Å². The molecular formula is C19H25N3O3. The highest BCUT2D eigenvalue weighted by molar-refractivity contribution is 6.08. The lowest BCUT2D eigenvalue weighted by Crippen LogP contribution is -2.46. The Morgan fingerprint density at radius 1 is 1.24 bits per heavy atom. The Bertz CT molecular complexity index is 655. The largest absolute Gasteiger partial charge is 0.352 e. The number of amides is 4. The predicted molar refractivity (Wildman–Crippen MR) is 93.8 cm³/mol. The standard InChI is InChI=1S/C19H25N3O3/c1-19(12-11-14-7-3-2-4-8-14)17(24)22(18(25)21-19)13-16(23)20-15-9-5-6-10-15/h2-4,7-8,15H,5-6,9-13H2,1H3,(H,20,23)(H,21,25)/t19-/m0/s1. The fourth-order valence-corrected chi connectivity index (χ4v) is 3.59. The van der Waals surface area contributed by atoms with Crippen molar-refractivity contribution in [3.63, 3.8) is 0 Å². The molecule has 1 atom stereocenters. The van der Waals surface area contributed by atoms with Gasteiger partial charge in [0.25, 0.3) is 5.91 Å². The van der Waals surface area contributed by atoms with Crippen molar-refractivity contribution < 1.29 is 14.4 Å². The number of benzene rings is 1. The van der Waals surface area contributed by atoms with E-state index in [0.29, 0.717) is 12.8 Å². The van der Waals surface area contributed by atoms with E-state index in [2.05, 4.69) is 10.6 Å². The number of rotatable bonds is 6. The summed E-state index contributed by atoms with van der Waals surface area (Å²) in [5.74, 6) is -0.585. The Kier molecular flexibility index (Phi) is 5.06. The summed E-state index contributed by atoms with van der Waals surface area (Å²) in [6.07, 6.45) is 5.37. The van der Waals surface area contributed by atoms with Gasteiger partial charge < -0.3 is 10.6 Å². The Hall–Kier alpha value is -2.37. The summed E-state index contributed by atoms with van der Waals surface area (Å²) < 4.78 is 0. The van der Waals surface area contributed by atoms with E-state index in [1.54, 1.807) is 6.92 Å². The highest BCUT2D eigenvalue weighted by atomic mass is 16.2. The summed E-state index contributed by atoms with van der Waals surface area (Å²) in [6, 6.07) is 9.53. The first-order valence-corrected chi connectivity index (χ1v) is 8.95. The number of hydrogen-bond acceptors (Lipinski definition) is 3. The number of carbonyl (C=O) groups excluding carboxylic acids is 3. The molecule has 0 radical (unpaired) electrons. The number of nitrogens with one attached hydrogen (secondary N) is 2.